The van der Waals surface area contributed by atoms with E-state index in [2.05, 4.69) is 15.5 Å². The molecule has 0 saturated heterocycles. The van der Waals surface area contributed by atoms with Crippen LogP contribution in [0.2, 0.25) is 0 Å². The fourth-order valence-corrected chi connectivity index (χ4v) is 6.56. The Balaban J connectivity index is 1.65. The van der Waals surface area contributed by atoms with Gasteiger partial charge in [0.15, 0.2) is 0 Å². The van der Waals surface area contributed by atoms with Crippen molar-refractivity contribution in [3.8, 4) is 11.4 Å². The number of rotatable bonds is 14. The van der Waals surface area contributed by atoms with E-state index in [1.807, 2.05) is 77.9 Å². The van der Waals surface area contributed by atoms with Gasteiger partial charge in [-0.1, -0.05) is 39.0 Å². The number of hydrogen-bond donors (Lipinski definition) is 2. The summed E-state index contributed by atoms with van der Waals surface area (Å²) in [6, 6.07) is 11.4. The number of aromatic nitrogens is 3. The zero-order valence-corrected chi connectivity index (χ0v) is 24.3. The molecule has 38 heavy (non-hydrogen) atoms. The fourth-order valence-electron chi connectivity index (χ4n) is 4.43. The molecule has 0 aliphatic heterocycles. The highest BCUT2D eigenvalue weighted by Gasteiger charge is 2.27. The van der Waals surface area contributed by atoms with E-state index in [-0.39, 0.29) is 17.1 Å². The summed E-state index contributed by atoms with van der Waals surface area (Å²) < 4.78 is 17.5. The number of nitrogens with one attached hydrogen (secondary N) is 1. The van der Waals surface area contributed by atoms with Crippen LogP contribution in [0.5, 0.6) is 5.75 Å². The minimum Gasteiger partial charge on any atom is -0.505 e. The number of aryl methyl sites for hydroxylation is 1. The van der Waals surface area contributed by atoms with Crippen LogP contribution < -0.4 is 5.32 Å². The van der Waals surface area contributed by atoms with E-state index < -0.39 is 10.9 Å². The Kier molecular flexibility index (Phi) is 10.6. The summed E-state index contributed by atoms with van der Waals surface area (Å²) in [5.41, 5.74) is 3.41. The van der Waals surface area contributed by atoms with Crippen molar-refractivity contribution in [2.75, 3.05) is 32.1 Å². The fraction of sp³-hybridized carbons (Fsp3) is 0.536. The third-order valence-electron chi connectivity index (χ3n) is 5.90. The molecule has 0 bridgehead atoms. The zero-order valence-electron chi connectivity index (χ0n) is 23.5. The molecular weight excluding hydrogens is 504 g/mol. The summed E-state index contributed by atoms with van der Waals surface area (Å²) in [4.78, 5) is 14.1. The van der Waals surface area contributed by atoms with Crippen LogP contribution in [0, 0.1) is 0 Å². The highest BCUT2D eigenvalue weighted by molar-refractivity contribution is 8.21. The average Bonchev–Trinajstić information content (AvgIpc) is 3.29. The lowest BCUT2D eigenvalue weighted by Crippen LogP contribution is -2.27. The van der Waals surface area contributed by atoms with Crippen molar-refractivity contribution in [1.82, 2.24) is 20.3 Å². The molecule has 0 radical (unpaired) electrons. The van der Waals surface area contributed by atoms with Gasteiger partial charge in [0.2, 0.25) is 5.91 Å². The van der Waals surface area contributed by atoms with Crippen LogP contribution in [0.4, 0.5) is 0 Å². The van der Waals surface area contributed by atoms with Crippen LogP contribution in [-0.4, -0.2) is 58.1 Å². The van der Waals surface area contributed by atoms with Crippen LogP contribution in [0.3, 0.4) is 0 Å². The first-order valence-corrected chi connectivity index (χ1v) is 14.9. The standard InChI is InChI=1S/C28H42N4O5S/c1-7-35-38(36-8-2,37-9-3)20-12-19-29-25(33)18-16-21-15-17-24(27(34)26(21)28(4,5)6)32-30-22-13-10-11-14-23(22)31-32/h10-11,13-15,17,34H,7-9,12,16,18-20H2,1-6H3,(H,29,33). The van der Waals surface area contributed by atoms with Gasteiger partial charge in [0.1, 0.15) is 22.5 Å². The zero-order chi connectivity index (χ0) is 27.8. The Morgan fingerprint density at radius 1 is 0.974 bits per heavy atom. The smallest absolute Gasteiger partial charge is 0.220 e. The minimum absolute atomic E-state index is 0.0433. The first kappa shape index (κ1) is 29.9. The minimum atomic E-state index is -2.05. The molecule has 0 aliphatic rings. The van der Waals surface area contributed by atoms with Crippen LogP contribution in [0.15, 0.2) is 36.4 Å². The molecule has 0 unspecified atom stereocenters. The number of nitrogens with zero attached hydrogens (tertiary/aromatic N) is 3. The molecule has 0 spiro atoms. The molecule has 1 aromatic heterocycles. The second kappa shape index (κ2) is 13.4. The van der Waals surface area contributed by atoms with Gasteiger partial charge < -0.3 is 10.4 Å². The van der Waals surface area contributed by atoms with E-state index >= 15 is 0 Å². The molecule has 1 heterocycles. The molecular formula is C28H42N4O5S. The number of phenolic OH excluding ortho intramolecular Hbond substituents is 1. The van der Waals surface area contributed by atoms with Gasteiger partial charge in [-0.2, -0.15) is 0 Å². The summed E-state index contributed by atoms with van der Waals surface area (Å²) in [7, 11) is -2.05. The van der Waals surface area contributed by atoms with Gasteiger partial charge in [0, 0.05) is 24.3 Å². The Morgan fingerprint density at radius 3 is 2.08 bits per heavy atom. The number of carbonyl (C=O) groups excluding carboxylic acids is 1. The van der Waals surface area contributed by atoms with Gasteiger partial charge in [-0.15, -0.1) is 15.0 Å². The largest absolute Gasteiger partial charge is 0.505 e. The summed E-state index contributed by atoms with van der Waals surface area (Å²) in [5, 5.41) is 23.3. The molecule has 9 nitrogen and oxygen atoms in total. The molecule has 0 aliphatic carbocycles. The summed E-state index contributed by atoms with van der Waals surface area (Å²) >= 11 is 0. The number of phenols is 1. The maximum Gasteiger partial charge on any atom is 0.220 e. The Labute approximate surface area is 227 Å². The molecule has 1 amide bonds. The van der Waals surface area contributed by atoms with Gasteiger partial charge in [0.25, 0.3) is 0 Å². The normalized spacial score (nSPS) is 12.7. The van der Waals surface area contributed by atoms with E-state index in [4.69, 9.17) is 12.5 Å². The lowest BCUT2D eigenvalue weighted by Gasteiger charge is -2.36. The van der Waals surface area contributed by atoms with Crippen molar-refractivity contribution in [2.24, 2.45) is 0 Å². The lowest BCUT2D eigenvalue weighted by molar-refractivity contribution is -0.121. The van der Waals surface area contributed by atoms with Crippen molar-refractivity contribution in [2.45, 2.75) is 66.2 Å². The highest BCUT2D eigenvalue weighted by atomic mass is 32.3. The quantitative estimate of drug-likeness (QED) is 0.256. The van der Waals surface area contributed by atoms with Crippen molar-refractivity contribution in [1.29, 1.82) is 0 Å². The summed E-state index contributed by atoms with van der Waals surface area (Å²) in [5.74, 6) is 0.694. The highest BCUT2D eigenvalue weighted by Crippen LogP contribution is 2.51. The molecule has 3 rings (SSSR count). The Hall–Kier alpha value is -2.66. The number of aromatic hydroxyl groups is 1. The van der Waals surface area contributed by atoms with Crippen molar-refractivity contribution in [3.05, 3.63) is 47.5 Å². The van der Waals surface area contributed by atoms with Crippen molar-refractivity contribution in [3.63, 3.8) is 0 Å². The number of benzene rings is 2. The number of fused-ring (bicyclic) bond motifs is 1. The third kappa shape index (κ3) is 7.47. The molecule has 2 N–H and O–H groups in total. The Bertz CT molecular complexity index is 1160. The molecule has 10 heteroatoms. The molecule has 3 aromatic rings. The van der Waals surface area contributed by atoms with Gasteiger partial charge in [0.05, 0.1) is 30.7 Å². The molecule has 0 saturated carbocycles. The average molecular weight is 547 g/mol. The van der Waals surface area contributed by atoms with Crippen LogP contribution in [-0.2, 0) is 29.2 Å². The second-order valence-electron chi connectivity index (χ2n) is 9.88. The predicted molar refractivity (Wildman–Crippen MR) is 153 cm³/mol. The van der Waals surface area contributed by atoms with E-state index in [9.17, 15) is 9.90 Å². The molecule has 2 aromatic carbocycles. The molecule has 210 valence electrons. The third-order valence-corrected chi connectivity index (χ3v) is 8.48. The van der Waals surface area contributed by atoms with Crippen LogP contribution in [0.25, 0.3) is 16.7 Å². The SMILES string of the molecule is CCOS(CCCNC(=O)CCc1ccc(-n2nc3ccccc3n2)c(O)c1C(C)(C)C)(OCC)OCC. The van der Waals surface area contributed by atoms with E-state index in [0.717, 1.165) is 22.2 Å². The monoisotopic (exact) mass is 546 g/mol. The van der Waals surface area contributed by atoms with Gasteiger partial charge in [-0.3, -0.25) is 17.3 Å². The van der Waals surface area contributed by atoms with Gasteiger partial charge in [-0.25, -0.2) is 0 Å². The maximum atomic E-state index is 12.7. The van der Waals surface area contributed by atoms with Gasteiger partial charge in [-0.05, 0) is 62.8 Å². The second-order valence-corrected chi connectivity index (χ2v) is 12.1. The van der Waals surface area contributed by atoms with Gasteiger partial charge >= 0.3 is 0 Å². The van der Waals surface area contributed by atoms with Crippen molar-refractivity contribution >= 4 is 27.8 Å². The van der Waals surface area contributed by atoms with Crippen LogP contribution >= 0.6 is 10.9 Å². The van der Waals surface area contributed by atoms with Crippen molar-refractivity contribution < 1.29 is 22.5 Å². The number of amides is 1. The maximum absolute atomic E-state index is 12.7. The predicted octanol–water partition coefficient (Wildman–Crippen LogP) is 5.52. The molecule has 0 fully saturated rings. The number of hydrogen-bond acceptors (Lipinski definition) is 7. The first-order chi connectivity index (χ1) is 18.1. The molecule has 0 atom stereocenters. The summed E-state index contributed by atoms with van der Waals surface area (Å²) in [6.07, 6.45) is 1.51. The first-order valence-electron chi connectivity index (χ1n) is 13.3. The lowest BCUT2D eigenvalue weighted by atomic mass is 9.81. The Morgan fingerprint density at radius 2 is 1.55 bits per heavy atom. The van der Waals surface area contributed by atoms with E-state index in [1.165, 1.54) is 4.80 Å². The van der Waals surface area contributed by atoms with E-state index in [0.29, 0.717) is 57.1 Å². The van der Waals surface area contributed by atoms with Crippen LogP contribution in [0.1, 0.15) is 65.5 Å². The van der Waals surface area contributed by atoms with E-state index in [1.54, 1.807) is 0 Å². The summed E-state index contributed by atoms with van der Waals surface area (Å²) in [6.45, 7) is 13.9. The number of carbonyl (C=O) groups is 1. The topological polar surface area (TPSA) is 108 Å².